The number of hydrogen-bond acceptors (Lipinski definition) is 4. The number of hydrogen-bond donors (Lipinski definition) is 1. The van der Waals surface area contributed by atoms with E-state index in [0.717, 1.165) is 18.0 Å². The van der Waals surface area contributed by atoms with Crippen LogP contribution in [0.5, 0.6) is 11.5 Å². The minimum Gasteiger partial charge on any atom is -0.497 e. The van der Waals surface area contributed by atoms with E-state index in [1.54, 1.807) is 7.11 Å². The van der Waals surface area contributed by atoms with Gasteiger partial charge in [0.15, 0.2) is 0 Å². The summed E-state index contributed by atoms with van der Waals surface area (Å²) in [6.07, 6.45) is -0.536. The summed E-state index contributed by atoms with van der Waals surface area (Å²) in [5, 5.41) is 10.3. The molecule has 0 bridgehead atoms. The van der Waals surface area contributed by atoms with Gasteiger partial charge in [0.25, 0.3) is 0 Å². The van der Waals surface area contributed by atoms with Crippen molar-refractivity contribution in [3.63, 3.8) is 0 Å². The molecule has 0 heterocycles. The van der Waals surface area contributed by atoms with E-state index in [-0.39, 0.29) is 6.61 Å². The Hall–Kier alpha value is -2.04. The van der Waals surface area contributed by atoms with Crippen molar-refractivity contribution >= 4 is 0 Å². The highest BCUT2D eigenvalue weighted by Gasteiger charge is 2.16. The van der Waals surface area contributed by atoms with Gasteiger partial charge >= 0.3 is 0 Å². The summed E-state index contributed by atoms with van der Waals surface area (Å²) in [4.78, 5) is 2.24. The highest BCUT2D eigenvalue weighted by atomic mass is 16.5. The van der Waals surface area contributed by atoms with Crippen molar-refractivity contribution in [2.45, 2.75) is 32.5 Å². The molecular weight excluding hydrogens is 302 g/mol. The number of nitrogens with zero attached hydrogens (tertiary/aromatic N) is 1. The van der Waals surface area contributed by atoms with Crippen molar-refractivity contribution in [1.29, 1.82) is 0 Å². The lowest BCUT2D eigenvalue weighted by Crippen LogP contribution is -2.39. The maximum Gasteiger partial charge on any atom is 0.119 e. The van der Waals surface area contributed by atoms with Gasteiger partial charge in [-0.15, -0.1) is 0 Å². The Labute approximate surface area is 144 Å². The summed E-state index contributed by atoms with van der Waals surface area (Å²) >= 11 is 0. The van der Waals surface area contributed by atoms with Gasteiger partial charge in [0, 0.05) is 19.1 Å². The van der Waals surface area contributed by atoms with Crippen LogP contribution in [0, 0.1) is 0 Å². The first-order chi connectivity index (χ1) is 11.6. The molecule has 1 N–H and O–H groups in total. The van der Waals surface area contributed by atoms with Gasteiger partial charge in [-0.25, -0.2) is 0 Å². The minimum atomic E-state index is -0.536. The van der Waals surface area contributed by atoms with Crippen molar-refractivity contribution in [3.05, 3.63) is 60.2 Å². The van der Waals surface area contributed by atoms with E-state index in [1.807, 2.05) is 42.5 Å². The van der Waals surface area contributed by atoms with E-state index in [4.69, 9.17) is 9.47 Å². The number of para-hydroxylation sites is 1. The van der Waals surface area contributed by atoms with Crippen LogP contribution >= 0.6 is 0 Å². The van der Waals surface area contributed by atoms with Crippen molar-refractivity contribution < 1.29 is 14.6 Å². The van der Waals surface area contributed by atoms with E-state index in [9.17, 15) is 5.11 Å². The summed E-state index contributed by atoms with van der Waals surface area (Å²) in [5.74, 6) is 1.63. The normalized spacial score (nSPS) is 12.4. The van der Waals surface area contributed by atoms with Gasteiger partial charge in [0.1, 0.15) is 24.2 Å². The summed E-state index contributed by atoms with van der Waals surface area (Å²) in [7, 11) is 1.67. The molecule has 0 aromatic heterocycles. The number of aliphatic hydroxyl groups is 1. The fourth-order valence-corrected chi connectivity index (χ4v) is 2.46. The fraction of sp³-hybridized carbons (Fsp3) is 0.400. The summed E-state index contributed by atoms with van der Waals surface area (Å²) in [6.45, 7) is 5.90. The predicted octanol–water partition coefficient (Wildman–Crippen LogP) is 3.35. The molecule has 4 nitrogen and oxygen atoms in total. The van der Waals surface area contributed by atoms with E-state index in [2.05, 4.69) is 30.9 Å². The van der Waals surface area contributed by atoms with Crippen molar-refractivity contribution in [1.82, 2.24) is 4.90 Å². The molecular formula is C20H27NO3. The fourth-order valence-electron chi connectivity index (χ4n) is 2.46. The third-order valence-corrected chi connectivity index (χ3v) is 3.91. The van der Waals surface area contributed by atoms with Crippen LogP contribution in [0.15, 0.2) is 54.6 Å². The average Bonchev–Trinajstić information content (AvgIpc) is 2.61. The minimum absolute atomic E-state index is 0.288. The van der Waals surface area contributed by atoms with Crippen LogP contribution in [0.4, 0.5) is 0 Å². The second-order valence-corrected chi connectivity index (χ2v) is 6.15. The Morgan fingerprint density at radius 1 is 0.958 bits per heavy atom. The highest BCUT2D eigenvalue weighted by molar-refractivity contribution is 5.27. The molecule has 24 heavy (non-hydrogen) atoms. The molecule has 0 radical (unpaired) electrons. The lowest BCUT2D eigenvalue weighted by molar-refractivity contribution is 0.0543. The zero-order chi connectivity index (χ0) is 17.4. The molecule has 0 aliphatic rings. The quantitative estimate of drug-likeness (QED) is 0.766. The van der Waals surface area contributed by atoms with Crippen LogP contribution in [0.25, 0.3) is 0 Å². The third-order valence-electron chi connectivity index (χ3n) is 3.91. The van der Waals surface area contributed by atoms with Gasteiger partial charge in [-0.1, -0.05) is 30.3 Å². The highest BCUT2D eigenvalue weighted by Crippen LogP contribution is 2.15. The maximum atomic E-state index is 10.3. The van der Waals surface area contributed by atoms with Crippen LogP contribution in [-0.4, -0.2) is 42.4 Å². The second-order valence-electron chi connectivity index (χ2n) is 6.15. The van der Waals surface area contributed by atoms with Gasteiger partial charge in [0.05, 0.1) is 7.11 Å². The lowest BCUT2D eigenvalue weighted by Gasteiger charge is -2.29. The van der Waals surface area contributed by atoms with E-state index in [0.29, 0.717) is 12.6 Å². The zero-order valence-corrected chi connectivity index (χ0v) is 14.7. The SMILES string of the molecule is COc1ccc(CN(C[C@H](O)COc2ccccc2)C(C)C)cc1. The Morgan fingerprint density at radius 2 is 1.62 bits per heavy atom. The molecule has 0 spiro atoms. The summed E-state index contributed by atoms with van der Waals surface area (Å²) in [6, 6.07) is 17.9. The average molecular weight is 329 g/mol. The first kappa shape index (κ1) is 18.3. The van der Waals surface area contributed by atoms with Crippen molar-refractivity contribution in [3.8, 4) is 11.5 Å². The number of benzene rings is 2. The van der Waals surface area contributed by atoms with Gasteiger partial charge in [-0.2, -0.15) is 0 Å². The van der Waals surface area contributed by atoms with Crippen LogP contribution in [0.1, 0.15) is 19.4 Å². The van der Waals surface area contributed by atoms with Crippen molar-refractivity contribution in [2.24, 2.45) is 0 Å². The van der Waals surface area contributed by atoms with Gasteiger partial charge in [0.2, 0.25) is 0 Å². The van der Waals surface area contributed by atoms with Gasteiger partial charge in [-0.05, 0) is 43.7 Å². The van der Waals surface area contributed by atoms with Crippen LogP contribution in [-0.2, 0) is 6.54 Å². The van der Waals surface area contributed by atoms with Crippen LogP contribution in [0.2, 0.25) is 0 Å². The molecule has 130 valence electrons. The van der Waals surface area contributed by atoms with E-state index < -0.39 is 6.10 Å². The van der Waals surface area contributed by atoms with Crippen molar-refractivity contribution in [2.75, 3.05) is 20.3 Å². The second kappa shape index (κ2) is 9.30. The molecule has 0 aliphatic heterocycles. The number of methoxy groups -OCH3 is 1. The molecule has 0 amide bonds. The Morgan fingerprint density at radius 3 is 2.21 bits per heavy atom. The number of aliphatic hydroxyl groups excluding tert-OH is 1. The zero-order valence-electron chi connectivity index (χ0n) is 14.7. The molecule has 0 saturated heterocycles. The molecule has 2 aromatic rings. The first-order valence-corrected chi connectivity index (χ1v) is 8.31. The van der Waals surface area contributed by atoms with Gasteiger partial charge < -0.3 is 14.6 Å². The lowest BCUT2D eigenvalue weighted by atomic mass is 10.1. The van der Waals surface area contributed by atoms with Crippen LogP contribution < -0.4 is 9.47 Å². The van der Waals surface area contributed by atoms with Gasteiger partial charge in [-0.3, -0.25) is 4.90 Å². The molecule has 0 saturated carbocycles. The molecule has 1 atom stereocenters. The van der Waals surface area contributed by atoms with E-state index >= 15 is 0 Å². The summed E-state index contributed by atoms with van der Waals surface area (Å²) in [5.41, 5.74) is 1.20. The molecule has 0 unspecified atom stereocenters. The number of ether oxygens (including phenoxy) is 2. The largest absolute Gasteiger partial charge is 0.497 e. The molecule has 2 rings (SSSR count). The van der Waals surface area contributed by atoms with Crippen LogP contribution in [0.3, 0.4) is 0 Å². The molecule has 4 heteroatoms. The van der Waals surface area contributed by atoms with E-state index in [1.165, 1.54) is 5.56 Å². The number of rotatable bonds is 9. The third kappa shape index (κ3) is 5.87. The Balaban J connectivity index is 1.87. The topological polar surface area (TPSA) is 41.9 Å². The maximum absolute atomic E-state index is 10.3. The Kier molecular flexibility index (Phi) is 7.09. The summed E-state index contributed by atoms with van der Waals surface area (Å²) < 4.78 is 10.8. The smallest absolute Gasteiger partial charge is 0.119 e. The first-order valence-electron chi connectivity index (χ1n) is 8.31. The molecule has 0 fully saturated rings. The standard InChI is InChI=1S/C20H27NO3/c1-16(2)21(13-17-9-11-19(23-3)12-10-17)14-18(22)15-24-20-7-5-4-6-8-20/h4-12,16,18,22H,13-15H2,1-3H3/t18-/m0/s1. The predicted molar refractivity (Wildman–Crippen MR) is 96.5 cm³/mol. The Bertz CT molecular complexity index is 584. The monoisotopic (exact) mass is 329 g/mol. The molecule has 2 aromatic carbocycles. The molecule has 0 aliphatic carbocycles.